The molecule has 0 aliphatic rings. The van der Waals surface area contributed by atoms with Gasteiger partial charge in [-0.05, 0) is 17.7 Å². The Kier molecular flexibility index (Phi) is 4.27. The van der Waals surface area contributed by atoms with Gasteiger partial charge in [-0.25, -0.2) is 0 Å². The summed E-state index contributed by atoms with van der Waals surface area (Å²) in [6, 6.07) is 8.75. The van der Waals surface area contributed by atoms with Crippen LogP contribution in [0.2, 0.25) is 0 Å². The van der Waals surface area contributed by atoms with E-state index in [9.17, 15) is 9.90 Å². The molecule has 6 heteroatoms. The van der Waals surface area contributed by atoms with E-state index in [4.69, 9.17) is 18.0 Å². The fourth-order valence-corrected chi connectivity index (χ4v) is 1.82. The van der Waals surface area contributed by atoms with Crippen LogP contribution in [0, 0.1) is 0 Å². The number of nitrogens with two attached hydrogens (primary N) is 1. The lowest BCUT2D eigenvalue weighted by Gasteiger charge is -2.07. The second kappa shape index (κ2) is 6.12. The van der Waals surface area contributed by atoms with Gasteiger partial charge in [-0.15, -0.1) is 0 Å². The van der Waals surface area contributed by atoms with E-state index >= 15 is 0 Å². The Morgan fingerprint density at radius 1 is 1.40 bits per heavy atom. The summed E-state index contributed by atoms with van der Waals surface area (Å²) in [6.45, 7) is 0.317. The first kappa shape index (κ1) is 14.0. The smallest absolute Gasteiger partial charge is 0.255 e. The molecule has 4 N–H and O–H groups in total. The van der Waals surface area contributed by atoms with E-state index in [1.807, 2.05) is 24.3 Å². The van der Waals surface area contributed by atoms with Crippen LogP contribution in [0.1, 0.15) is 21.5 Å². The van der Waals surface area contributed by atoms with Crippen molar-refractivity contribution >= 4 is 23.1 Å². The number of hydrogen-bond donors (Lipinski definition) is 3. The molecule has 0 saturated heterocycles. The van der Waals surface area contributed by atoms with Crippen molar-refractivity contribution in [3.63, 3.8) is 0 Å². The maximum Gasteiger partial charge on any atom is 0.255 e. The van der Waals surface area contributed by atoms with Crippen LogP contribution in [0.3, 0.4) is 0 Å². The fraction of sp³-hybridized carbons (Fsp3) is 0.0714. The number of rotatable bonds is 4. The van der Waals surface area contributed by atoms with Crippen molar-refractivity contribution in [2.75, 3.05) is 0 Å². The van der Waals surface area contributed by atoms with Gasteiger partial charge in [-0.2, -0.15) is 0 Å². The number of nitrogens with zero attached hydrogens (tertiary/aromatic N) is 1. The zero-order chi connectivity index (χ0) is 14.5. The van der Waals surface area contributed by atoms with E-state index in [0.29, 0.717) is 11.5 Å². The highest BCUT2D eigenvalue weighted by Gasteiger charge is 2.10. The topological polar surface area (TPSA) is 88.2 Å². The maximum atomic E-state index is 11.9. The average Bonchev–Trinajstić information content (AvgIpc) is 2.45. The minimum absolute atomic E-state index is 0.151. The molecule has 0 unspecified atom stereocenters. The molecule has 5 nitrogen and oxygen atoms in total. The highest BCUT2D eigenvalue weighted by Crippen LogP contribution is 2.13. The molecule has 2 rings (SSSR count). The molecule has 0 aliphatic heterocycles. The Morgan fingerprint density at radius 2 is 2.20 bits per heavy atom. The lowest BCUT2D eigenvalue weighted by Crippen LogP contribution is -2.23. The van der Waals surface area contributed by atoms with Crippen molar-refractivity contribution in [3.05, 3.63) is 59.4 Å². The Balaban J connectivity index is 2.06. The van der Waals surface area contributed by atoms with E-state index in [2.05, 4.69) is 10.3 Å². The molecule has 102 valence electrons. The lowest BCUT2D eigenvalue weighted by atomic mass is 10.1. The Morgan fingerprint density at radius 3 is 2.90 bits per heavy atom. The molecular weight excluding hydrogens is 274 g/mol. The van der Waals surface area contributed by atoms with Gasteiger partial charge in [0, 0.05) is 18.3 Å². The molecule has 1 aromatic heterocycles. The molecular formula is C14H13N3O2S. The van der Waals surface area contributed by atoms with Crippen molar-refractivity contribution < 1.29 is 9.90 Å². The highest BCUT2D eigenvalue weighted by molar-refractivity contribution is 7.80. The number of hydrogen-bond acceptors (Lipinski definition) is 4. The van der Waals surface area contributed by atoms with E-state index < -0.39 is 0 Å². The van der Waals surface area contributed by atoms with Crippen LogP contribution in [0.15, 0.2) is 42.7 Å². The number of thiocarbonyl (C=S) groups is 1. The Labute approximate surface area is 121 Å². The molecule has 0 saturated carbocycles. The SMILES string of the molecule is NC(=S)c1cccc(CNC(=O)c2ccncc2O)c1. The minimum Gasteiger partial charge on any atom is -0.505 e. The van der Waals surface area contributed by atoms with Crippen LogP contribution in [-0.4, -0.2) is 21.0 Å². The third-order valence-electron chi connectivity index (χ3n) is 2.71. The number of aromatic nitrogens is 1. The molecule has 0 radical (unpaired) electrons. The predicted molar refractivity (Wildman–Crippen MR) is 79.4 cm³/mol. The molecule has 20 heavy (non-hydrogen) atoms. The molecule has 0 fully saturated rings. The van der Waals surface area contributed by atoms with Gasteiger partial charge in [-0.1, -0.05) is 30.4 Å². The van der Waals surface area contributed by atoms with Gasteiger partial charge < -0.3 is 16.2 Å². The number of aromatic hydroxyl groups is 1. The van der Waals surface area contributed by atoms with Crippen molar-refractivity contribution in [1.29, 1.82) is 0 Å². The van der Waals surface area contributed by atoms with Gasteiger partial charge in [-0.3, -0.25) is 9.78 Å². The van der Waals surface area contributed by atoms with Crippen LogP contribution < -0.4 is 11.1 Å². The normalized spacial score (nSPS) is 10.0. The fourth-order valence-electron chi connectivity index (χ4n) is 1.69. The predicted octanol–water partition coefficient (Wildman–Crippen LogP) is 1.35. The first-order valence-corrected chi connectivity index (χ1v) is 6.28. The molecule has 1 heterocycles. The summed E-state index contributed by atoms with van der Waals surface area (Å²) >= 11 is 4.90. The number of pyridine rings is 1. The van der Waals surface area contributed by atoms with Crippen molar-refractivity contribution in [3.8, 4) is 5.75 Å². The number of benzene rings is 1. The third-order valence-corrected chi connectivity index (χ3v) is 2.94. The second-order valence-electron chi connectivity index (χ2n) is 4.14. The summed E-state index contributed by atoms with van der Waals surface area (Å²) in [5, 5.41) is 12.2. The number of amides is 1. The van der Waals surface area contributed by atoms with Crippen LogP contribution in [0.25, 0.3) is 0 Å². The minimum atomic E-state index is -0.370. The molecule has 1 aromatic carbocycles. The van der Waals surface area contributed by atoms with E-state index in [0.717, 1.165) is 11.1 Å². The summed E-state index contributed by atoms with van der Waals surface area (Å²) in [4.78, 5) is 15.9. The van der Waals surface area contributed by atoms with Crippen molar-refractivity contribution in [2.24, 2.45) is 5.73 Å². The molecule has 0 bridgehead atoms. The Hall–Kier alpha value is -2.47. The quantitative estimate of drug-likeness (QED) is 0.739. The molecule has 0 spiro atoms. The van der Waals surface area contributed by atoms with Gasteiger partial charge >= 0.3 is 0 Å². The summed E-state index contributed by atoms with van der Waals surface area (Å²) in [7, 11) is 0. The monoisotopic (exact) mass is 287 g/mol. The molecule has 0 aliphatic carbocycles. The molecule has 1 amide bonds. The number of carbonyl (C=O) groups excluding carboxylic acids is 1. The van der Waals surface area contributed by atoms with Gasteiger partial charge in [0.15, 0.2) is 0 Å². The first-order valence-electron chi connectivity index (χ1n) is 5.88. The van der Waals surface area contributed by atoms with Gasteiger partial charge in [0.05, 0.1) is 11.8 Å². The average molecular weight is 287 g/mol. The third kappa shape index (κ3) is 3.30. The van der Waals surface area contributed by atoms with Crippen LogP contribution in [-0.2, 0) is 6.54 Å². The summed E-state index contributed by atoms with van der Waals surface area (Å²) in [5.41, 5.74) is 7.36. The van der Waals surface area contributed by atoms with Crippen LogP contribution in [0.5, 0.6) is 5.75 Å². The summed E-state index contributed by atoms with van der Waals surface area (Å²) in [6.07, 6.45) is 2.67. The van der Waals surface area contributed by atoms with Crippen LogP contribution >= 0.6 is 12.2 Å². The Bertz CT molecular complexity index is 658. The van der Waals surface area contributed by atoms with E-state index in [1.165, 1.54) is 18.5 Å². The highest BCUT2D eigenvalue weighted by atomic mass is 32.1. The standard InChI is InChI=1S/C14H13N3O2S/c15-13(20)10-3-1-2-9(6-10)7-17-14(19)11-4-5-16-8-12(11)18/h1-6,8,18H,7H2,(H2,15,20)(H,17,19). The van der Waals surface area contributed by atoms with Crippen molar-refractivity contribution in [1.82, 2.24) is 10.3 Å². The number of carbonyl (C=O) groups is 1. The molecule has 2 aromatic rings. The molecule has 0 atom stereocenters. The van der Waals surface area contributed by atoms with Gasteiger partial charge in [0.2, 0.25) is 0 Å². The number of nitrogens with one attached hydrogen (secondary N) is 1. The first-order chi connectivity index (χ1) is 9.58. The van der Waals surface area contributed by atoms with Crippen molar-refractivity contribution in [2.45, 2.75) is 6.54 Å². The van der Waals surface area contributed by atoms with E-state index in [-0.39, 0.29) is 17.2 Å². The zero-order valence-corrected chi connectivity index (χ0v) is 11.4. The lowest BCUT2D eigenvalue weighted by molar-refractivity contribution is 0.0948. The van der Waals surface area contributed by atoms with Gasteiger partial charge in [0.25, 0.3) is 5.91 Å². The summed E-state index contributed by atoms with van der Waals surface area (Å²) < 4.78 is 0. The van der Waals surface area contributed by atoms with E-state index in [1.54, 1.807) is 0 Å². The zero-order valence-electron chi connectivity index (χ0n) is 10.5. The summed E-state index contributed by atoms with van der Waals surface area (Å²) in [5.74, 6) is -0.521. The van der Waals surface area contributed by atoms with Crippen LogP contribution in [0.4, 0.5) is 0 Å². The second-order valence-corrected chi connectivity index (χ2v) is 4.58. The largest absolute Gasteiger partial charge is 0.505 e. The maximum absolute atomic E-state index is 11.9. The van der Waals surface area contributed by atoms with Gasteiger partial charge in [0.1, 0.15) is 10.7 Å².